The number of aliphatic hydroxyl groups is 1. The molecule has 5 rings (SSSR count). The van der Waals surface area contributed by atoms with Crippen molar-refractivity contribution >= 4 is 0 Å². The maximum Gasteiger partial charge on any atom is 0.0499 e. The Morgan fingerprint density at radius 3 is 2.20 bits per heavy atom. The Morgan fingerprint density at radius 1 is 1.10 bits per heavy atom. The molecule has 108 valence electrons. The zero-order chi connectivity index (χ0) is 13.5. The van der Waals surface area contributed by atoms with Crippen LogP contribution in [0.1, 0.15) is 26.7 Å². The third-order valence-corrected chi connectivity index (χ3v) is 5.12. The molecular weight excluding hydrogens is 288 g/mol. The molecule has 10 radical (unpaired) electrons. The van der Waals surface area contributed by atoms with Crippen molar-refractivity contribution in [3.63, 3.8) is 0 Å². The van der Waals surface area contributed by atoms with E-state index in [9.17, 15) is 0 Å². The third-order valence-electron chi connectivity index (χ3n) is 5.12. The number of hydrogen-bond donors (Lipinski definition) is 1. The van der Waals surface area contributed by atoms with Crippen LogP contribution in [0, 0.1) is 80.0 Å². The van der Waals surface area contributed by atoms with Crippen LogP contribution < -0.4 is 0 Å². The van der Waals surface area contributed by atoms with E-state index in [-0.39, 0.29) is 23.7 Å². The smallest absolute Gasteiger partial charge is 0.0499 e. The number of aliphatic hydroxyl groups excluding tert-OH is 1. The minimum atomic E-state index is 0. The molecular formula is C18H22FeO. The fourth-order valence-electron chi connectivity index (χ4n) is 3.71. The summed E-state index contributed by atoms with van der Waals surface area (Å²) in [6.07, 6.45) is 17.0. The van der Waals surface area contributed by atoms with E-state index < -0.39 is 0 Å². The van der Waals surface area contributed by atoms with Gasteiger partial charge in [-0.15, -0.1) is 0 Å². The van der Waals surface area contributed by atoms with Crippen molar-refractivity contribution in [1.82, 2.24) is 0 Å². The average molecular weight is 310 g/mol. The SMILES string of the molecule is CC1(C)C2C[C]3[CH][C](CO)[CH][C]3C1C2.[CH]1[CH][CH][CH][CH]1.[Fe]. The van der Waals surface area contributed by atoms with Crippen LogP contribution in [-0.4, -0.2) is 11.7 Å². The molecule has 0 saturated heterocycles. The van der Waals surface area contributed by atoms with E-state index in [0.29, 0.717) is 5.41 Å². The standard InChI is InChI=1S/C13H17O.C5H5.Fe/c1-13(2)10-5-9-3-8(7-14)4-11(9)12(13)6-10;1-2-4-5-3-1;/h3-4,10,12,14H,5-7H2,1-2H3;1-5H;. The van der Waals surface area contributed by atoms with Gasteiger partial charge in [0.15, 0.2) is 0 Å². The Kier molecular flexibility index (Phi) is 5.65. The van der Waals surface area contributed by atoms with Gasteiger partial charge in [0.2, 0.25) is 0 Å². The van der Waals surface area contributed by atoms with Gasteiger partial charge < -0.3 is 5.11 Å². The van der Waals surface area contributed by atoms with Crippen molar-refractivity contribution in [3.05, 3.63) is 62.7 Å². The van der Waals surface area contributed by atoms with Crippen molar-refractivity contribution < 1.29 is 22.2 Å². The van der Waals surface area contributed by atoms with Crippen molar-refractivity contribution in [3.8, 4) is 0 Å². The van der Waals surface area contributed by atoms with E-state index in [0.717, 1.165) is 17.8 Å². The molecule has 5 aliphatic rings. The molecule has 5 aliphatic carbocycles. The predicted octanol–water partition coefficient (Wildman–Crippen LogP) is 3.21. The number of rotatable bonds is 1. The zero-order valence-electron chi connectivity index (χ0n) is 12.1. The monoisotopic (exact) mass is 310 g/mol. The summed E-state index contributed by atoms with van der Waals surface area (Å²) in [5.41, 5.74) is 0.508. The van der Waals surface area contributed by atoms with Crippen LogP contribution in [0.25, 0.3) is 0 Å². The quantitative estimate of drug-likeness (QED) is 0.737. The molecule has 2 atom stereocenters. The molecule has 5 saturated carbocycles. The summed E-state index contributed by atoms with van der Waals surface area (Å²) in [4.78, 5) is 0. The molecule has 5 fully saturated rings. The average Bonchev–Trinajstić information content (AvgIpc) is 3.09. The van der Waals surface area contributed by atoms with Gasteiger partial charge in [-0.25, -0.2) is 0 Å². The number of hydrogen-bond acceptors (Lipinski definition) is 1. The largest absolute Gasteiger partial charge is 0.396 e. The van der Waals surface area contributed by atoms with Gasteiger partial charge in [0.05, 0.1) is 0 Å². The minimum absolute atomic E-state index is 0. The molecule has 0 heterocycles. The van der Waals surface area contributed by atoms with Gasteiger partial charge in [-0.3, -0.25) is 0 Å². The van der Waals surface area contributed by atoms with Crippen LogP contribution in [0.15, 0.2) is 0 Å². The van der Waals surface area contributed by atoms with E-state index in [1.807, 2.05) is 32.1 Å². The first-order chi connectivity index (χ1) is 9.13. The van der Waals surface area contributed by atoms with Crippen molar-refractivity contribution in [2.24, 2.45) is 17.3 Å². The Morgan fingerprint density at radius 2 is 1.70 bits per heavy atom. The van der Waals surface area contributed by atoms with Crippen LogP contribution in [0.3, 0.4) is 0 Å². The summed E-state index contributed by atoms with van der Waals surface area (Å²) >= 11 is 0. The van der Waals surface area contributed by atoms with Crippen LogP contribution in [0.2, 0.25) is 0 Å². The minimum Gasteiger partial charge on any atom is -0.396 e. The summed E-state index contributed by atoms with van der Waals surface area (Å²) in [6, 6.07) is 0. The van der Waals surface area contributed by atoms with Gasteiger partial charge in [0.25, 0.3) is 0 Å². The summed E-state index contributed by atoms with van der Waals surface area (Å²) in [5, 5.41) is 9.12. The fraction of sp³-hybridized carbons (Fsp3) is 0.444. The second-order valence-corrected chi connectivity index (χ2v) is 6.48. The van der Waals surface area contributed by atoms with Gasteiger partial charge in [-0.1, -0.05) is 13.8 Å². The van der Waals surface area contributed by atoms with Crippen molar-refractivity contribution in [2.45, 2.75) is 26.7 Å². The Labute approximate surface area is 135 Å². The molecule has 2 unspecified atom stereocenters. The topological polar surface area (TPSA) is 20.2 Å². The van der Waals surface area contributed by atoms with Crippen LogP contribution in [0.4, 0.5) is 0 Å². The Balaban J connectivity index is 0.000000210. The van der Waals surface area contributed by atoms with E-state index in [2.05, 4.69) is 26.7 Å². The van der Waals surface area contributed by atoms with Crippen molar-refractivity contribution in [1.29, 1.82) is 0 Å². The Bertz CT molecular complexity index is 303. The molecule has 0 spiro atoms. The summed E-state index contributed by atoms with van der Waals surface area (Å²) < 4.78 is 0. The van der Waals surface area contributed by atoms with Gasteiger partial charge >= 0.3 is 0 Å². The zero-order valence-corrected chi connectivity index (χ0v) is 13.2. The molecule has 1 N–H and O–H groups in total. The first kappa shape index (κ1) is 16.8. The fourth-order valence-corrected chi connectivity index (χ4v) is 3.71. The van der Waals surface area contributed by atoms with Gasteiger partial charge in [-0.2, -0.15) is 0 Å². The van der Waals surface area contributed by atoms with E-state index in [1.165, 1.54) is 24.7 Å². The van der Waals surface area contributed by atoms with Crippen molar-refractivity contribution in [2.75, 3.05) is 6.61 Å². The summed E-state index contributed by atoms with van der Waals surface area (Å²) in [5.74, 6) is 5.79. The van der Waals surface area contributed by atoms with E-state index in [4.69, 9.17) is 5.11 Å². The molecule has 2 bridgehead atoms. The van der Waals surface area contributed by atoms with Crippen LogP contribution >= 0.6 is 0 Å². The molecule has 0 aromatic carbocycles. The molecule has 0 amide bonds. The maximum absolute atomic E-state index is 9.12. The molecule has 1 nitrogen and oxygen atoms in total. The molecule has 2 heteroatoms. The first-order valence-corrected chi connectivity index (χ1v) is 7.19. The second kappa shape index (κ2) is 6.71. The normalized spacial score (nSPS) is 35.5. The second-order valence-electron chi connectivity index (χ2n) is 6.48. The molecule has 0 aliphatic heterocycles. The summed E-state index contributed by atoms with van der Waals surface area (Å²) in [7, 11) is 0. The first-order valence-electron chi connectivity index (χ1n) is 7.19. The van der Waals surface area contributed by atoms with Gasteiger partial charge in [0.1, 0.15) is 0 Å². The third kappa shape index (κ3) is 2.99. The van der Waals surface area contributed by atoms with Crippen LogP contribution in [-0.2, 0) is 17.1 Å². The summed E-state index contributed by atoms with van der Waals surface area (Å²) in [6.45, 7) is 4.98. The Hall–Kier alpha value is 0.479. The molecule has 20 heavy (non-hydrogen) atoms. The maximum atomic E-state index is 9.12. The molecule has 0 aromatic rings. The van der Waals surface area contributed by atoms with Crippen LogP contribution in [0.5, 0.6) is 0 Å². The molecule has 0 aromatic heterocycles. The van der Waals surface area contributed by atoms with Gasteiger partial charge in [0, 0.05) is 29.6 Å². The van der Waals surface area contributed by atoms with E-state index >= 15 is 0 Å². The van der Waals surface area contributed by atoms with E-state index in [1.54, 1.807) is 0 Å². The van der Waals surface area contributed by atoms with Gasteiger partial charge in [-0.05, 0) is 86.9 Å². The predicted molar refractivity (Wildman–Crippen MR) is 76.9 cm³/mol.